The minimum absolute atomic E-state index is 0.0912. The molecule has 2 aliphatic rings. The monoisotopic (exact) mass is 381 g/mol. The maximum Gasteiger partial charge on any atom is 0.256 e. The van der Waals surface area contributed by atoms with E-state index in [0.717, 1.165) is 62.1 Å². The zero-order valence-electron chi connectivity index (χ0n) is 16.5. The van der Waals surface area contributed by atoms with E-state index in [0.29, 0.717) is 11.4 Å². The first-order chi connectivity index (χ1) is 13.6. The largest absolute Gasteiger partial charge is 0.489 e. The number of nitrogens with zero attached hydrogens (tertiary/aromatic N) is 2. The van der Waals surface area contributed by atoms with Gasteiger partial charge in [0.2, 0.25) is 5.88 Å². The van der Waals surface area contributed by atoms with Crippen molar-refractivity contribution in [2.75, 3.05) is 7.11 Å². The van der Waals surface area contributed by atoms with Gasteiger partial charge in [-0.2, -0.15) is 0 Å². The van der Waals surface area contributed by atoms with Gasteiger partial charge in [0.15, 0.2) is 0 Å². The van der Waals surface area contributed by atoms with Crippen molar-refractivity contribution >= 4 is 5.91 Å². The third-order valence-corrected chi connectivity index (χ3v) is 5.72. The number of pyridine rings is 2. The molecule has 2 aromatic heterocycles. The van der Waals surface area contributed by atoms with Crippen molar-refractivity contribution in [3.8, 4) is 11.6 Å². The molecule has 148 valence electrons. The molecule has 2 aliphatic carbocycles. The van der Waals surface area contributed by atoms with Crippen LogP contribution in [-0.2, 0) is 12.8 Å². The number of rotatable bonds is 5. The van der Waals surface area contributed by atoms with Crippen molar-refractivity contribution in [3.05, 3.63) is 46.9 Å². The van der Waals surface area contributed by atoms with Gasteiger partial charge in [-0.05, 0) is 75.6 Å². The molecule has 0 bridgehead atoms. The van der Waals surface area contributed by atoms with Gasteiger partial charge in [0.05, 0.1) is 18.9 Å². The first-order valence-electron chi connectivity index (χ1n) is 10.1. The van der Waals surface area contributed by atoms with E-state index in [1.807, 2.05) is 25.1 Å². The second kappa shape index (κ2) is 8.17. The predicted octanol–water partition coefficient (Wildman–Crippen LogP) is 3.40. The van der Waals surface area contributed by atoms with Crippen LogP contribution in [0.5, 0.6) is 11.6 Å². The molecule has 1 amide bonds. The van der Waals surface area contributed by atoms with Crippen molar-refractivity contribution in [2.24, 2.45) is 0 Å². The number of fused-ring (bicyclic) bond motifs is 1. The van der Waals surface area contributed by atoms with Crippen LogP contribution < -0.4 is 14.8 Å². The van der Waals surface area contributed by atoms with Gasteiger partial charge in [0.25, 0.3) is 5.91 Å². The summed E-state index contributed by atoms with van der Waals surface area (Å²) in [7, 11) is 1.57. The maximum atomic E-state index is 12.8. The van der Waals surface area contributed by atoms with Crippen molar-refractivity contribution < 1.29 is 14.3 Å². The topological polar surface area (TPSA) is 73.3 Å². The molecule has 2 aromatic rings. The fourth-order valence-corrected chi connectivity index (χ4v) is 4.13. The standard InChI is InChI=1S/C22H27N3O3/c1-14-20(7-4-12-23-14)28-17-10-8-16(9-11-17)24-21(26)18-13-15-5-3-6-19(15)25-22(18)27-2/h4,7,12-13,16-17H,3,5-6,8-11H2,1-2H3,(H,24,26). The van der Waals surface area contributed by atoms with Crippen LogP contribution in [0, 0.1) is 6.92 Å². The van der Waals surface area contributed by atoms with Crippen molar-refractivity contribution in [1.82, 2.24) is 15.3 Å². The Bertz CT molecular complexity index is 860. The molecule has 0 atom stereocenters. The number of carbonyl (C=O) groups excluding carboxylic acids is 1. The zero-order valence-corrected chi connectivity index (χ0v) is 16.5. The van der Waals surface area contributed by atoms with Crippen molar-refractivity contribution in [2.45, 2.75) is 64.0 Å². The van der Waals surface area contributed by atoms with E-state index in [4.69, 9.17) is 9.47 Å². The van der Waals surface area contributed by atoms with Gasteiger partial charge in [-0.25, -0.2) is 4.98 Å². The smallest absolute Gasteiger partial charge is 0.256 e. The summed E-state index contributed by atoms with van der Waals surface area (Å²) in [5.74, 6) is 1.19. The van der Waals surface area contributed by atoms with Crippen LogP contribution in [0.4, 0.5) is 0 Å². The second-order valence-corrected chi connectivity index (χ2v) is 7.66. The Morgan fingerprint density at radius 1 is 1.21 bits per heavy atom. The predicted molar refractivity (Wildman–Crippen MR) is 106 cm³/mol. The molecule has 28 heavy (non-hydrogen) atoms. The van der Waals surface area contributed by atoms with Crippen molar-refractivity contribution in [1.29, 1.82) is 0 Å². The van der Waals surface area contributed by atoms with Gasteiger partial charge in [0, 0.05) is 17.9 Å². The molecule has 4 rings (SSSR count). The molecule has 0 aromatic carbocycles. The van der Waals surface area contributed by atoms with E-state index < -0.39 is 0 Å². The molecular formula is C22H27N3O3. The van der Waals surface area contributed by atoms with E-state index in [1.165, 1.54) is 5.56 Å². The van der Waals surface area contributed by atoms with Gasteiger partial charge >= 0.3 is 0 Å². The number of methoxy groups -OCH3 is 1. The summed E-state index contributed by atoms with van der Waals surface area (Å²) in [4.78, 5) is 21.7. The third kappa shape index (κ3) is 3.96. The van der Waals surface area contributed by atoms with Gasteiger partial charge in [-0.1, -0.05) is 0 Å². The summed E-state index contributed by atoms with van der Waals surface area (Å²) in [5, 5.41) is 3.17. The fourth-order valence-electron chi connectivity index (χ4n) is 4.13. The quantitative estimate of drug-likeness (QED) is 0.859. The molecule has 6 nitrogen and oxygen atoms in total. The highest BCUT2D eigenvalue weighted by atomic mass is 16.5. The van der Waals surface area contributed by atoms with Crippen LogP contribution in [0.2, 0.25) is 0 Å². The van der Waals surface area contributed by atoms with Crippen LogP contribution in [0.3, 0.4) is 0 Å². The SMILES string of the molecule is COc1nc2c(cc1C(=O)NC1CCC(Oc3cccnc3C)CC1)CCC2. The van der Waals surface area contributed by atoms with Crippen LogP contribution in [0.15, 0.2) is 24.4 Å². The fraction of sp³-hybridized carbons (Fsp3) is 0.500. The van der Waals surface area contributed by atoms with E-state index in [-0.39, 0.29) is 18.1 Å². The normalized spacial score (nSPS) is 21.1. The summed E-state index contributed by atoms with van der Waals surface area (Å²) < 4.78 is 11.5. The zero-order chi connectivity index (χ0) is 19.5. The first kappa shape index (κ1) is 18.7. The Morgan fingerprint density at radius 2 is 2.04 bits per heavy atom. The summed E-state index contributed by atoms with van der Waals surface area (Å²) >= 11 is 0. The summed E-state index contributed by atoms with van der Waals surface area (Å²) in [5.41, 5.74) is 3.70. The number of amides is 1. The molecule has 0 radical (unpaired) electrons. The highest BCUT2D eigenvalue weighted by Crippen LogP contribution is 2.28. The average molecular weight is 381 g/mol. The van der Waals surface area contributed by atoms with Gasteiger partial charge in [0.1, 0.15) is 11.3 Å². The van der Waals surface area contributed by atoms with Crippen molar-refractivity contribution in [3.63, 3.8) is 0 Å². The van der Waals surface area contributed by atoms with E-state index in [2.05, 4.69) is 15.3 Å². The summed E-state index contributed by atoms with van der Waals surface area (Å²) in [6, 6.07) is 5.97. The van der Waals surface area contributed by atoms with Gasteiger partial charge in [-0.3, -0.25) is 9.78 Å². The third-order valence-electron chi connectivity index (χ3n) is 5.72. The molecular weight excluding hydrogens is 354 g/mol. The first-order valence-corrected chi connectivity index (χ1v) is 10.1. The molecule has 0 saturated heterocycles. The molecule has 0 spiro atoms. The molecule has 1 saturated carbocycles. The summed E-state index contributed by atoms with van der Waals surface area (Å²) in [6.45, 7) is 1.96. The van der Waals surface area contributed by atoms with E-state index >= 15 is 0 Å². The lowest BCUT2D eigenvalue weighted by molar-refractivity contribution is 0.0889. The molecule has 6 heteroatoms. The second-order valence-electron chi connectivity index (χ2n) is 7.66. The highest BCUT2D eigenvalue weighted by molar-refractivity contribution is 5.96. The number of hydrogen-bond donors (Lipinski definition) is 1. The number of aromatic nitrogens is 2. The summed E-state index contributed by atoms with van der Waals surface area (Å²) in [6.07, 6.45) is 8.63. The minimum Gasteiger partial charge on any atom is -0.489 e. The van der Waals surface area contributed by atoms with Crippen LogP contribution in [0.1, 0.15) is 59.4 Å². The van der Waals surface area contributed by atoms with E-state index in [1.54, 1.807) is 13.3 Å². The average Bonchev–Trinajstić information content (AvgIpc) is 3.17. The Balaban J connectivity index is 1.35. The van der Waals surface area contributed by atoms with Crippen LogP contribution in [0.25, 0.3) is 0 Å². The number of aryl methyl sites for hydroxylation is 3. The van der Waals surface area contributed by atoms with E-state index in [9.17, 15) is 4.79 Å². The van der Waals surface area contributed by atoms with Crippen LogP contribution >= 0.6 is 0 Å². The number of ether oxygens (including phenoxy) is 2. The molecule has 0 aliphatic heterocycles. The van der Waals surface area contributed by atoms with Gasteiger partial charge in [-0.15, -0.1) is 0 Å². The lowest BCUT2D eigenvalue weighted by atomic mass is 9.92. The molecule has 1 N–H and O–H groups in total. The minimum atomic E-state index is -0.0912. The lowest BCUT2D eigenvalue weighted by Crippen LogP contribution is -2.40. The Kier molecular flexibility index (Phi) is 5.46. The van der Waals surface area contributed by atoms with Gasteiger partial charge < -0.3 is 14.8 Å². The Hall–Kier alpha value is -2.63. The number of nitrogens with one attached hydrogen (secondary N) is 1. The Morgan fingerprint density at radius 3 is 2.79 bits per heavy atom. The number of hydrogen-bond acceptors (Lipinski definition) is 5. The van der Waals surface area contributed by atoms with Crippen LogP contribution in [-0.4, -0.2) is 35.1 Å². The maximum absolute atomic E-state index is 12.8. The number of carbonyl (C=O) groups is 1. The molecule has 2 heterocycles. The molecule has 1 fully saturated rings. The molecule has 0 unspecified atom stereocenters. The Labute approximate surface area is 165 Å². The lowest BCUT2D eigenvalue weighted by Gasteiger charge is -2.30. The highest BCUT2D eigenvalue weighted by Gasteiger charge is 2.26.